The molecule has 2 rings (SSSR count). The number of nitrogens with two attached hydrogens (primary N) is 1. The van der Waals surface area contributed by atoms with E-state index in [0.29, 0.717) is 11.1 Å². The van der Waals surface area contributed by atoms with Crippen LogP contribution in [-0.4, -0.2) is 29.8 Å². The first-order valence-electron chi connectivity index (χ1n) is 8.60. The van der Waals surface area contributed by atoms with Crippen molar-refractivity contribution in [1.29, 1.82) is 0 Å². The number of hydrogen-bond acceptors (Lipinski definition) is 3. The molecule has 2 atom stereocenters. The molecule has 0 spiro atoms. The molecule has 0 saturated carbocycles. The molecule has 3 amide bonds. The van der Waals surface area contributed by atoms with E-state index in [1.54, 1.807) is 6.07 Å². The van der Waals surface area contributed by atoms with Crippen molar-refractivity contribution in [3.8, 4) is 0 Å². The largest absolute Gasteiger partial charge is 0.368 e. The minimum absolute atomic E-state index is 0.0329. The van der Waals surface area contributed by atoms with Crippen molar-refractivity contribution < 1.29 is 23.2 Å². The van der Waals surface area contributed by atoms with E-state index in [1.165, 1.54) is 49.4 Å². The van der Waals surface area contributed by atoms with E-state index in [1.807, 2.05) is 0 Å². The molecule has 0 aliphatic carbocycles. The van der Waals surface area contributed by atoms with Crippen molar-refractivity contribution in [2.75, 3.05) is 0 Å². The zero-order valence-electron chi connectivity index (χ0n) is 15.2. The second-order valence-electron chi connectivity index (χ2n) is 6.38. The fraction of sp³-hybridized carbons (Fsp3) is 0.250. The summed E-state index contributed by atoms with van der Waals surface area (Å²) in [5, 5.41) is 4.99. The lowest BCUT2D eigenvalue weighted by Crippen LogP contribution is -2.54. The molecule has 0 aliphatic heterocycles. The maximum Gasteiger partial charge on any atom is 0.243 e. The second kappa shape index (κ2) is 9.59. The zero-order valence-corrected chi connectivity index (χ0v) is 15.2. The lowest BCUT2D eigenvalue weighted by molar-refractivity contribution is -0.130. The first-order chi connectivity index (χ1) is 13.2. The zero-order chi connectivity index (χ0) is 20.7. The minimum Gasteiger partial charge on any atom is -0.368 e. The number of hydrogen-bond donors (Lipinski definition) is 3. The topological polar surface area (TPSA) is 101 Å². The molecule has 0 aliphatic rings. The summed E-state index contributed by atoms with van der Waals surface area (Å²) in [5.74, 6) is -2.75. The SMILES string of the molecule is CC(=O)N[C@@H](Cc1cccc(F)c1)C(=O)N[C@H](Cc1ccc(F)cc1)C(N)=O. The van der Waals surface area contributed by atoms with Crippen LogP contribution in [0.4, 0.5) is 8.78 Å². The molecule has 6 nitrogen and oxygen atoms in total. The van der Waals surface area contributed by atoms with Gasteiger partial charge >= 0.3 is 0 Å². The normalized spacial score (nSPS) is 12.7. The summed E-state index contributed by atoms with van der Waals surface area (Å²) in [5.41, 5.74) is 6.48. The van der Waals surface area contributed by atoms with Crippen LogP contribution in [0.5, 0.6) is 0 Å². The number of benzene rings is 2. The number of rotatable bonds is 8. The lowest BCUT2D eigenvalue weighted by atomic mass is 10.0. The van der Waals surface area contributed by atoms with Gasteiger partial charge in [-0.05, 0) is 35.4 Å². The summed E-state index contributed by atoms with van der Waals surface area (Å²) in [6, 6.07) is 9.00. The van der Waals surface area contributed by atoms with E-state index in [-0.39, 0.29) is 12.8 Å². The minimum atomic E-state index is -1.05. The Morgan fingerprint density at radius 1 is 0.893 bits per heavy atom. The molecule has 148 valence electrons. The quantitative estimate of drug-likeness (QED) is 0.633. The van der Waals surface area contributed by atoms with Crippen molar-refractivity contribution in [2.45, 2.75) is 31.8 Å². The number of amides is 3. The molecule has 8 heteroatoms. The monoisotopic (exact) mass is 389 g/mol. The molecular weight excluding hydrogens is 368 g/mol. The summed E-state index contributed by atoms with van der Waals surface area (Å²) in [6.07, 6.45) is 0.0965. The Labute approximate surface area is 161 Å². The highest BCUT2D eigenvalue weighted by molar-refractivity contribution is 5.91. The number of primary amides is 1. The standard InChI is InChI=1S/C20H21F2N3O3/c1-12(26)24-18(11-14-3-2-4-16(22)9-14)20(28)25-17(19(23)27)10-13-5-7-15(21)8-6-13/h2-9,17-18H,10-11H2,1H3,(H2,23,27)(H,24,26)(H,25,28)/t17-,18+/m1/s1. The number of halogens is 2. The third-order valence-electron chi connectivity index (χ3n) is 4.04. The van der Waals surface area contributed by atoms with Crippen LogP contribution in [0.1, 0.15) is 18.1 Å². The molecule has 0 unspecified atom stereocenters. The molecule has 0 aromatic heterocycles. The summed E-state index contributed by atoms with van der Waals surface area (Å²) in [4.78, 5) is 35.9. The van der Waals surface area contributed by atoms with Crippen molar-refractivity contribution >= 4 is 17.7 Å². The van der Waals surface area contributed by atoms with Gasteiger partial charge in [-0.2, -0.15) is 0 Å². The van der Waals surface area contributed by atoms with Gasteiger partial charge in [-0.1, -0.05) is 24.3 Å². The van der Waals surface area contributed by atoms with E-state index in [9.17, 15) is 23.2 Å². The van der Waals surface area contributed by atoms with Crippen LogP contribution < -0.4 is 16.4 Å². The van der Waals surface area contributed by atoms with Gasteiger partial charge < -0.3 is 16.4 Å². The van der Waals surface area contributed by atoms with Gasteiger partial charge in [0.2, 0.25) is 17.7 Å². The molecule has 0 heterocycles. The Hall–Kier alpha value is -3.29. The second-order valence-corrected chi connectivity index (χ2v) is 6.38. The average molecular weight is 389 g/mol. The Bertz CT molecular complexity index is 856. The highest BCUT2D eigenvalue weighted by Gasteiger charge is 2.25. The maximum atomic E-state index is 13.4. The number of nitrogens with one attached hydrogen (secondary N) is 2. The molecule has 28 heavy (non-hydrogen) atoms. The molecule has 4 N–H and O–H groups in total. The molecule has 0 fully saturated rings. The molecule has 0 bridgehead atoms. The Morgan fingerprint density at radius 3 is 2.11 bits per heavy atom. The molecule has 2 aromatic rings. The molecular formula is C20H21F2N3O3. The lowest BCUT2D eigenvalue weighted by Gasteiger charge is -2.22. The fourth-order valence-electron chi connectivity index (χ4n) is 2.71. The van der Waals surface area contributed by atoms with Gasteiger partial charge in [0.05, 0.1) is 0 Å². The predicted molar refractivity (Wildman–Crippen MR) is 98.9 cm³/mol. The Kier molecular flexibility index (Phi) is 7.20. The van der Waals surface area contributed by atoms with Gasteiger partial charge in [0.25, 0.3) is 0 Å². The summed E-state index contributed by atoms with van der Waals surface area (Å²) in [6.45, 7) is 1.25. The van der Waals surface area contributed by atoms with Crippen LogP contribution in [0.3, 0.4) is 0 Å². The summed E-state index contributed by atoms with van der Waals surface area (Å²) < 4.78 is 26.4. The van der Waals surface area contributed by atoms with E-state index >= 15 is 0 Å². The third kappa shape index (κ3) is 6.46. The molecule has 2 aromatic carbocycles. The van der Waals surface area contributed by atoms with Crippen LogP contribution in [-0.2, 0) is 27.2 Å². The average Bonchev–Trinajstić information content (AvgIpc) is 2.62. The number of carbonyl (C=O) groups excluding carboxylic acids is 3. The van der Waals surface area contributed by atoms with Crippen LogP contribution >= 0.6 is 0 Å². The van der Waals surface area contributed by atoms with Gasteiger partial charge in [-0.15, -0.1) is 0 Å². The van der Waals surface area contributed by atoms with Crippen molar-refractivity contribution in [3.63, 3.8) is 0 Å². The van der Waals surface area contributed by atoms with E-state index in [4.69, 9.17) is 5.73 Å². The Morgan fingerprint density at radius 2 is 1.54 bits per heavy atom. The molecule has 0 saturated heterocycles. The van der Waals surface area contributed by atoms with Crippen molar-refractivity contribution in [3.05, 3.63) is 71.3 Å². The first-order valence-corrected chi connectivity index (χ1v) is 8.60. The van der Waals surface area contributed by atoms with Crippen LogP contribution in [0, 0.1) is 11.6 Å². The van der Waals surface area contributed by atoms with Gasteiger partial charge in [-0.3, -0.25) is 14.4 Å². The van der Waals surface area contributed by atoms with Gasteiger partial charge in [-0.25, -0.2) is 8.78 Å². The van der Waals surface area contributed by atoms with Crippen molar-refractivity contribution in [2.24, 2.45) is 5.73 Å². The smallest absolute Gasteiger partial charge is 0.243 e. The van der Waals surface area contributed by atoms with E-state index in [2.05, 4.69) is 10.6 Å². The van der Waals surface area contributed by atoms with Crippen LogP contribution in [0.15, 0.2) is 48.5 Å². The predicted octanol–water partition coefficient (Wildman–Crippen LogP) is 1.22. The van der Waals surface area contributed by atoms with E-state index < -0.39 is 41.4 Å². The van der Waals surface area contributed by atoms with Gasteiger partial charge in [0, 0.05) is 19.8 Å². The van der Waals surface area contributed by atoms with Crippen molar-refractivity contribution in [1.82, 2.24) is 10.6 Å². The number of carbonyl (C=O) groups is 3. The van der Waals surface area contributed by atoms with Crippen LogP contribution in [0.25, 0.3) is 0 Å². The van der Waals surface area contributed by atoms with Gasteiger partial charge in [0.15, 0.2) is 0 Å². The maximum absolute atomic E-state index is 13.4. The first kappa shape index (κ1) is 21.0. The summed E-state index contributed by atoms with van der Waals surface area (Å²) >= 11 is 0. The van der Waals surface area contributed by atoms with Gasteiger partial charge in [0.1, 0.15) is 23.7 Å². The third-order valence-corrected chi connectivity index (χ3v) is 4.04. The molecule has 0 radical (unpaired) electrons. The Balaban J connectivity index is 2.12. The van der Waals surface area contributed by atoms with E-state index in [0.717, 1.165) is 0 Å². The highest BCUT2D eigenvalue weighted by atomic mass is 19.1. The fourth-order valence-corrected chi connectivity index (χ4v) is 2.71. The summed E-state index contributed by atoms with van der Waals surface area (Å²) in [7, 11) is 0. The highest BCUT2D eigenvalue weighted by Crippen LogP contribution is 2.09. The van der Waals surface area contributed by atoms with Crippen LogP contribution in [0.2, 0.25) is 0 Å².